The van der Waals surface area contributed by atoms with Gasteiger partial charge in [-0.1, -0.05) is 48.0 Å². The van der Waals surface area contributed by atoms with Crippen molar-refractivity contribution in [2.75, 3.05) is 11.8 Å². The number of rotatable bonds is 6. The SMILES string of the molecule is COc1cccc(-c2cc(NS(=O)(=O)c3ccccc3)nn2-c2c(C)cc(C)cc2C)c1. The molecule has 164 valence electrons. The predicted octanol–water partition coefficient (Wildman–Crippen LogP) is 5.27. The van der Waals surface area contributed by atoms with Crippen LogP contribution in [0.2, 0.25) is 0 Å². The van der Waals surface area contributed by atoms with Gasteiger partial charge in [-0.2, -0.15) is 0 Å². The zero-order chi connectivity index (χ0) is 22.9. The predicted molar refractivity (Wildman–Crippen MR) is 127 cm³/mol. The minimum absolute atomic E-state index is 0.181. The lowest BCUT2D eigenvalue weighted by Crippen LogP contribution is -2.13. The van der Waals surface area contributed by atoms with Crippen LogP contribution in [0.15, 0.2) is 77.7 Å². The van der Waals surface area contributed by atoms with Crippen molar-refractivity contribution in [3.05, 3.63) is 89.5 Å². The highest BCUT2D eigenvalue weighted by atomic mass is 32.2. The van der Waals surface area contributed by atoms with Crippen LogP contribution in [-0.4, -0.2) is 25.3 Å². The molecule has 0 amide bonds. The largest absolute Gasteiger partial charge is 0.497 e. The van der Waals surface area contributed by atoms with Gasteiger partial charge in [0.25, 0.3) is 10.0 Å². The number of aryl methyl sites for hydroxylation is 3. The van der Waals surface area contributed by atoms with E-state index in [-0.39, 0.29) is 10.7 Å². The first kappa shape index (κ1) is 21.6. The summed E-state index contributed by atoms with van der Waals surface area (Å²) in [4.78, 5) is 0.181. The molecule has 1 heterocycles. The van der Waals surface area contributed by atoms with Gasteiger partial charge in [0, 0.05) is 11.6 Å². The Kier molecular flexibility index (Phi) is 5.76. The Morgan fingerprint density at radius 3 is 2.22 bits per heavy atom. The van der Waals surface area contributed by atoms with Crippen LogP contribution in [0.5, 0.6) is 5.75 Å². The van der Waals surface area contributed by atoms with Crippen LogP contribution in [0.25, 0.3) is 16.9 Å². The molecule has 0 saturated carbocycles. The molecule has 0 atom stereocenters. The zero-order valence-electron chi connectivity index (χ0n) is 18.5. The molecule has 3 aromatic carbocycles. The summed E-state index contributed by atoms with van der Waals surface area (Å²) in [5, 5.41) is 4.66. The zero-order valence-corrected chi connectivity index (χ0v) is 19.3. The third-order valence-electron chi connectivity index (χ3n) is 5.21. The Morgan fingerprint density at radius 1 is 0.875 bits per heavy atom. The smallest absolute Gasteiger partial charge is 0.263 e. The maximum absolute atomic E-state index is 12.9. The van der Waals surface area contributed by atoms with E-state index < -0.39 is 10.0 Å². The van der Waals surface area contributed by atoms with Crippen molar-refractivity contribution in [2.24, 2.45) is 0 Å². The summed E-state index contributed by atoms with van der Waals surface area (Å²) in [5.41, 5.74) is 5.79. The van der Waals surface area contributed by atoms with Crippen LogP contribution in [0.1, 0.15) is 16.7 Å². The average molecular weight is 448 g/mol. The normalized spacial score (nSPS) is 11.4. The van der Waals surface area contributed by atoms with E-state index in [0.717, 1.165) is 33.6 Å². The van der Waals surface area contributed by atoms with Gasteiger partial charge in [0.1, 0.15) is 5.75 Å². The Morgan fingerprint density at radius 2 is 1.56 bits per heavy atom. The summed E-state index contributed by atoms with van der Waals surface area (Å²) < 4.78 is 35.6. The van der Waals surface area contributed by atoms with Crippen molar-refractivity contribution >= 4 is 15.8 Å². The van der Waals surface area contributed by atoms with Crippen LogP contribution in [0, 0.1) is 20.8 Å². The van der Waals surface area contributed by atoms with E-state index in [0.29, 0.717) is 5.75 Å². The minimum atomic E-state index is -3.77. The number of sulfonamides is 1. The Balaban J connectivity index is 1.88. The van der Waals surface area contributed by atoms with Crippen molar-refractivity contribution in [2.45, 2.75) is 25.7 Å². The summed E-state index contributed by atoms with van der Waals surface area (Å²) in [5.74, 6) is 0.949. The fourth-order valence-corrected chi connectivity index (χ4v) is 4.90. The van der Waals surface area contributed by atoms with Gasteiger partial charge in [-0.3, -0.25) is 4.72 Å². The third-order valence-corrected chi connectivity index (χ3v) is 6.59. The molecule has 0 radical (unpaired) electrons. The quantitative estimate of drug-likeness (QED) is 0.437. The van der Waals surface area contributed by atoms with Crippen LogP contribution >= 0.6 is 0 Å². The van der Waals surface area contributed by atoms with Crippen molar-refractivity contribution in [3.8, 4) is 22.7 Å². The van der Waals surface area contributed by atoms with E-state index in [4.69, 9.17) is 4.74 Å². The monoisotopic (exact) mass is 447 g/mol. The fourth-order valence-electron chi connectivity index (χ4n) is 3.89. The second-order valence-electron chi connectivity index (χ2n) is 7.72. The van der Waals surface area contributed by atoms with Crippen molar-refractivity contribution in [3.63, 3.8) is 0 Å². The standard InChI is InChI=1S/C25H25N3O3S/c1-17-13-18(2)25(19(3)14-17)28-23(20-9-8-10-21(15-20)31-4)16-24(26-28)27-32(29,30)22-11-6-5-7-12-22/h5-16H,1-4H3,(H,26,27). The maximum Gasteiger partial charge on any atom is 0.263 e. The van der Waals surface area contributed by atoms with Crippen molar-refractivity contribution in [1.82, 2.24) is 9.78 Å². The van der Waals surface area contributed by atoms with Gasteiger partial charge in [-0.25, -0.2) is 13.1 Å². The number of hydrogen-bond donors (Lipinski definition) is 1. The number of anilines is 1. The van der Waals surface area contributed by atoms with Gasteiger partial charge in [0.2, 0.25) is 0 Å². The topological polar surface area (TPSA) is 73.2 Å². The molecule has 0 fully saturated rings. The maximum atomic E-state index is 12.9. The second kappa shape index (κ2) is 8.51. The number of benzene rings is 3. The van der Waals surface area contributed by atoms with Crippen LogP contribution in [0.3, 0.4) is 0 Å². The molecule has 4 aromatic rings. The van der Waals surface area contributed by atoms with Crippen LogP contribution < -0.4 is 9.46 Å². The van der Waals surface area contributed by atoms with Gasteiger partial charge in [0.15, 0.2) is 5.82 Å². The van der Waals surface area contributed by atoms with E-state index in [2.05, 4.69) is 28.9 Å². The molecule has 1 N–H and O–H groups in total. The molecule has 1 aromatic heterocycles. The van der Waals surface area contributed by atoms with E-state index in [1.165, 1.54) is 0 Å². The number of ether oxygens (including phenoxy) is 1. The molecule has 0 aliphatic carbocycles. The summed E-state index contributed by atoms with van der Waals surface area (Å²) in [6, 6.07) is 21.8. The first-order chi connectivity index (χ1) is 15.3. The van der Waals surface area contributed by atoms with Crippen molar-refractivity contribution in [1.29, 1.82) is 0 Å². The second-order valence-corrected chi connectivity index (χ2v) is 9.41. The number of nitrogens with zero attached hydrogens (tertiary/aromatic N) is 2. The van der Waals surface area contributed by atoms with Crippen molar-refractivity contribution < 1.29 is 13.2 Å². The van der Waals surface area contributed by atoms with Gasteiger partial charge < -0.3 is 4.74 Å². The van der Waals surface area contributed by atoms with E-state index in [1.807, 2.05) is 38.1 Å². The number of nitrogens with one attached hydrogen (secondary N) is 1. The van der Waals surface area contributed by atoms with E-state index in [9.17, 15) is 8.42 Å². The van der Waals surface area contributed by atoms with Gasteiger partial charge in [0.05, 0.1) is 23.4 Å². The number of aromatic nitrogens is 2. The molecule has 4 rings (SSSR count). The van der Waals surface area contributed by atoms with E-state index in [1.54, 1.807) is 48.2 Å². The molecular formula is C25H25N3O3S. The molecule has 0 aliphatic rings. The highest BCUT2D eigenvalue weighted by Gasteiger charge is 2.20. The summed E-state index contributed by atoms with van der Waals surface area (Å²) in [7, 11) is -2.16. The number of hydrogen-bond acceptors (Lipinski definition) is 4. The molecule has 6 nitrogen and oxygen atoms in total. The lowest BCUT2D eigenvalue weighted by molar-refractivity contribution is 0.415. The Hall–Kier alpha value is -3.58. The molecule has 32 heavy (non-hydrogen) atoms. The lowest BCUT2D eigenvalue weighted by Gasteiger charge is -2.15. The third kappa shape index (κ3) is 4.24. The molecule has 0 bridgehead atoms. The molecule has 0 aliphatic heterocycles. The summed E-state index contributed by atoms with van der Waals surface area (Å²) in [6.45, 7) is 6.11. The molecule has 0 spiro atoms. The lowest BCUT2D eigenvalue weighted by atomic mass is 10.0. The molecule has 7 heteroatoms. The minimum Gasteiger partial charge on any atom is -0.497 e. The van der Waals surface area contributed by atoms with Gasteiger partial charge >= 0.3 is 0 Å². The number of methoxy groups -OCH3 is 1. The Labute approximate surface area is 188 Å². The van der Waals surface area contributed by atoms with Crippen LogP contribution in [0.4, 0.5) is 5.82 Å². The average Bonchev–Trinajstić information content (AvgIpc) is 3.16. The first-order valence-corrected chi connectivity index (χ1v) is 11.7. The van der Waals surface area contributed by atoms with Crippen LogP contribution in [-0.2, 0) is 10.0 Å². The molecule has 0 unspecified atom stereocenters. The molecular weight excluding hydrogens is 422 g/mol. The highest BCUT2D eigenvalue weighted by molar-refractivity contribution is 7.92. The fraction of sp³-hybridized carbons (Fsp3) is 0.160. The molecule has 0 saturated heterocycles. The first-order valence-electron chi connectivity index (χ1n) is 10.2. The van der Waals surface area contributed by atoms with E-state index >= 15 is 0 Å². The summed E-state index contributed by atoms with van der Waals surface area (Å²) in [6.07, 6.45) is 0. The van der Waals surface area contributed by atoms with Gasteiger partial charge in [-0.05, 0) is 56.2 Å². The Bertz CT molecular complexity index is 1350. The summed E-state index contributed by atoms with van der Waals surface area (Å²) >= 11 is 0. The highest BCUT2D eigenvalue weighted by Crippen LogP contribution is 2.32. The van der Waals surface area contributed by atoms with Gasteiger partial charge in [-0.15, -0.1) is 5.10 Å².